The van der Waals surface area contributed by atoms with E-state index in [0.717, 1.165) is 42.5 Å². The molecule has 0 aliphatic carbocycles. The number of amides is 1. The highest BCUT2D eigenvalue weighted by atomic mass is 16.6. The van der Waals surface area contributed by atoms with Crippen molar-refractivity contribution in [1.82, 2.24) is 19.7 Å². The van der Waals surface area contributed by atoms with E-state index in [1.165, 1.54) is 0 Å². The Morgan fingerprint density at radius 3 is 2.61 bits per heavy atom. The smallest absolute Gasteiger partial charge is 0.229 e. The summed E-state index contributed by atoms with van der Waals surface area (Å²) in [4.78, 5) is 37.9. The minimum absolute atomic E-state index is 0.102. The number of carbonyl (C=O) groups is 2. The predicted octanol–water partition coefficient (Wildman–Crippen LogP) is 0.748. The quantitative estimate of drug-likeness (QED) is 0.565. The molecule has 41 heavy (non-hydrogen) atoms. The maximum Gasteiger partial charge on any atom is 0.229 e. The molecule has 10 nitrogen and oxygen atoms in total. The van der Waals surface area contributed by atoms with Gasteiger partial charge in [-0.05, 0) is 32.0 Å². The third-order valence-electron chi connectivity index (χ3n) is 8.82. The van der Waals surface area contributed by atoms with Crippen LogP contribution in [0.15, 0.2) is 17.6 Å². The zero-order valence-corrected chi connectivity index (χ0v) is 24.7. The second kappa shape index (κ2) is 12.1. The number of nitrogens with zero attached hydrogens (tertiary/aromatic N) is 4. The second-order valence-corrected chi connectivity index (χ2v) is 11.4. The zero-order chi connectivity index (χ0) is 29.3. The Bertz CT molecular complexity index is 1380. The molecule has 0 spiro atoms. The van der Waals surface area contributed by atoms with E-state index in [-0.39, 0.29) is 37.7 Å². The van der Waals surface area contributed by atoms with Crippen molar-refractivity contribution in [2.75, 3.05) is 59.7 Å². The van der Waals surface area contributed by atoms with E-state index in [1.54, 1.807) is 18.7 Å². The van der Waals surface area contributed by atoms with Crippen LogP contribution in [-0.4, -0.2) is 102 Å². The molecular weight excluding hydrogens is 524 g/mol. The molecule has 4 aliphatic heterocycles. The van der Waals surface area contributed by atoms with Crippen LogP contribution in [0.2, 0.25) is 0 Å². The van der Waals surface area contributed by atoms with Gasteiger partial charge in [0.2, 0.25) is 5.91 Å². The highest BCUT2D eigenvalue weighted by molar-refractivity contribution is 5.92. The van der Waals surface area contributed by atoms with Crippen LogP contribution in [0.4, 0.5) is 0 Å². The first kappa shape index (κ1) is 29.4. The van der Waals surface area contributed by atoms with Gasteiger partial charge >= 0.3 is 0 Å². The van der Waals surface area contributed by atoms with Gasteiger partial charge in [-0.1, -0.05) is 26.5 Å². The average Bonchev–Trinajstić information content (AvgIpc) is 3.31. The molecule has 4 aliphatic rings. The molecule has 2 atom stereocenters. The molecule has 0 bridgehead atoms. The predicted molar refractivity (Wildman–Crippen MR) is 154 cm³/mol. The first-order valence-electron chi connectivity index (χ1n) is 14.6. The molecule has 0 saturated carbocycles. The van der Waals surface area contributed by atoms with Crippen molar-refractivity contribution in [1.29, 1.82) is 0 Å². The number of Topliss-reactive ketones (excluding diaryl/α,β-unsaturated/α-hetero) is 1. The number of rotatable bonds is 4. The van der Waals surface area contributed by atoms with Crippen LogP contribution < -0.4 is 10.6 Å². The van der Waals surface area contributed by atoms with Crippen LogP contribution in [0.25, 0.3) is 18.4 Å². The van der Waals surface area contributed by atoms with Gasteiger partial charge in [0.25, 0.3) is 0 Å². The SMILES string of the molecule is C=c1nc2c(c(CN3CCN(C)CC3)/c1=C/C1=C(C)OCCO1)CN1C(=O)CCOCC(=O)C(O)(CC)C(C)/C=C/21. The van der Waals surface area contributed by atoms with E-state index in [1.807, 2.05) is 19.1 Å². The summed E-state index contributed by atoms with van der Waals surface area (Å²) in [6.07, 6.45) is 4.15. The summed E-state index contributed by atoms with van der Waals surface area (Å²) in [6, 6.07) is 0. The minimum Gasteiger partial charge on any atom is -0.491 e. The molecule has 10 heteroatoms. The van der Waals surface area contributed by atoms with Crippen LogP contribution >= 0.6 is 0 Å². The third kappa shape index (κ3) is 5.83. The van der Waals surface area contributed by atoms with Crippen LogP contribution in [0.3, 0.4) is 0 Å². The molecule has 1 saturated heterocycles. The van der Waals surface area contributed by atoms with E-state index in [4.69, 9.17) is 19.2 Å². The Balaban J connectivity index is 1.69. The number of ketones is 1. The average molecular weight is 567 g/mol. The molecule has 5 heterocycles. The van der Waals surface area contributed by atoms with Crippen LogP contribution in [0.1, 0.15) is 50.4 Å². The Labute approximate surface area is 241 Å². The zero-order valence-electron chi connectivity index (χ0n) is 24.7. The van der Waals surface area contributed by atoms with Crippen molar-refractivity contribution in [3.63, 3.8) is 0 Å². The largest absolute Gasteiger partial charge is 0.491 e. The maximum atomic E-state index is 13.5. The Kier molecular flexibility index (Phi) is 8.65. The third-order valence-corrected chi connectivity index (χ3v) is 8.82. The summed E-state index contributed by atoms with van der Waals surface area (Å²) >= 11 is 0. The van der Waals surface area contributed by atoms with E-state index in [2.05, 4.69) is 23.4 Å². The Morgan fingerprint density at radius 2 is 1.90 bits per heavy atom. The lowest BCUT2D eigenvalue weighted by Crippen LogP contribution is -2.46. The second-order valence-electron chi connectivity index (χ2n) is 11.4. The van der Waals surface area contributed by atoms with Crippen molar-refractivity contribution in [3.8, 4) is 0 Å². The van der Waals surface area contributed by atoms with Crippen molar-refractivity contribution in [2.45, 2.75) is 52.3 Å². The molecule has 1 amide bonds. The van der Waals surface area contributed by atoms with Gasteiger partial charge in [-0.2, -0.15) is 0 Å². The van der Waals surface area contributed by atoms with E-state index >= 15 is 0 Å². The van der Waals surface area contributed by atoms with E-state index in [0.29, 0.717) is 54.6 Å². The summed E-state index contributed by atoms with van der Waals surface area (Å²) in [7, 11) is 2.13. The van der Waals surface area contributed by atoms with Crippen LogP contribution in [-0.2, 0) is 36.9 Å². The molecule has 1 aromatic rings. The monoisotopic (exact) mass is 566 g/mol. The lowest BCUT2D eigenvalue weighted by atomic mass is 9.82. The number of aliphatic hydroxyl groups is 1. The highest BCUT2D eigenvalue weighted by Gasteiger charge is 2.41. The lowest BCUT2D eigenvalue weighted by Gasteiger charge is -2.33. The molecule has 2 unspecified atom stereocenters. The number of pyridine rings is 1. The topological polar surface area (TPSA) is 105 Å². The fraction of sp³-hybridized carbons (Fsp3) is 0.581. The number of piperazine rings is 1. The van der Waals surface area contributed by atoms with Crippen molar-refractivity contribution < 1.29 is 28.9 Å². The number of allylic oxidation sites excluding steroid dienone is 2. The number of hydrogen-bond acceptors (Lipinski definition) is 9. The normalized spacial score (nSPS) is 28.4. The van der Waals surface area contributed by atoms with Gasteiger partial charge in [0.05, 0.1) is 36.3 Å². The lowest BCUT2D eigenvalue weighted by molar-refractivity contribution is -0.146. The summed E-state index contributed by atoms with van der Waals surface area (Å²) < 4.78 is 17.2. The van der Waals surface area contributed by atoms with Gasteiger partial charge in [0.1, 0.15) is 31.2 Å². The number of carbonyl (C=O) groups excluding carboxylic acids is 2. The maximum absolute atomic E-state index is 13.5. The number of hydrogen-bond donors (Lipinski definition) is 1. The molecule has 5 rings (SSSR count). The fourth-order valence-electron chi connectivity index (χ4n) is 5.99. The van der Waals surface area contributed by atoms with E-state index in [9.17, 15) is 14.7 Å². The standard InChI is InChI=1S/C31H42N4O6/c1-6-31(38)20(2)15-26-30-25(18-35(26)29(37)7-12-39-19-28(31)36)24(17-34-10-8-33(5)9-11-34)23(21(3)32-30)16-27-22(4)40-13-14-41-27/h15-16,20,38H,3,6-14,17-19H2,1-2,4-5H3/b23-16+,26-15-. The Hall–Kier alpha value is -3.05. The van der Waals surface area contributed by atoms with Crippen LogP contribution in [0, 0.1) is 5.92 Å². The van der Waals surface area contributed by atoms with Gasteiger partial charge in [-0.3, -0.25) is 14.5 Å². The summed E-state index contributed by atoms with van der Waals surface area (Å²) in [5, 5.41) is 12.8. The van der Waals surface area contributed by atoms with Gasteiger partial charge in [-0.25, -0.2) is 4.98 Å². The summed E-state index contributed by atoms with van der Waals surface area (Å²) in [5.41, 5.74) is 1.68. The fourth-order valence-corrected chi connectivity index (χ4v) is 5.99. The molecular formula is C31H42N4O6. The van der Waals surface area contributed by atoms with Crippen molar-refractivity contribution in [3.05, 3.63) is 45.0 Å². The minimum atomic E-state index is -1.61. The molecule has 1 N–H and O–H groups in total. The molecule has 1 aromatic heterocycles. The summed E-state index contributed by atoms with van der Waals surface area (Å²) in [6.45, 7) is 15.5. The first-order valence-corrected chi connectivity index (χ1v) is 14.6. The molecule has 0 radical (unpaired) electrons. The number of ether oxygens (including phenoxy) is 3. The number of fused-ring (bicyclic) bond motifs is 3. The Morgan fingerprint density at radius 1 is 1.17 bits per heavy atom. The number of aromatic nitrogens is 1. The molecule has 0 aromatic carbocycles. The van der Waals surface area contributed by atoms with Gasteiger partial charge in [-0.15, -0.1) is 0 Å². The van der Waals surface area contributed by atoms with Gasteiger partial charge in [0.15, 0.2) is 11.5 Å². The molecule has 222 valence electrons. The van der Waals surface area contributed by atoms with Crippen molar-refractivity contribution in [2.24, 2.45) is 5.92 Å². The summed E-state index contributed by atoms with van der Waals surface area (Å²) in [5.74, 6) is 0.309. The van der Waals surface area contributed by atoms with E-state index < -0.39 is 11.5 Å². The number of likely N-dealkylation sites (N-methyl/N-ethyl adjacent to an activating group) is 1. The van der Waals surface area contributed by atoms with Gasteiger partial charge in [0, 0.05) is 49.4 Å². The first-order chi connectivity index (χ1) is 19.6. The van der Waals surface area contributed by atoms with Gasteiger partial charge < -0.3 is 29.1 Å². The highest BCUT2D eigenvalue weighted by Crippen LogP contribution is 2.36. The van der Waals surface area contributed by atoms with Crippen LogP contribution in [0.5, 0.6) is 0 Å². The molecule has 1 fully saturated rings. The van der Waals surface area contributed by atoms with Crippen molar-refractivity contribution >= 4 is 30.0 Å².